The predicted molar refractivity (Wildman–Crippen MR) is 137 cm³/mol. The summed E-state index contributed by atoms with van der Waals surface area (Å²) in [5, 5.41) is 9.02. The average molecular weight is 482 g/mol. The maximum absolute atomic E-state index is 13.5. The molecule has 0 fully saturated rings. The largest absolute Gasteiger partial charge is 0.324 e. The van der Waals surface area contributed by atoms with Crippen molar-refractivity contribution in [2.75, 3.05) is 10.3 Å². The number of amides is 1. The first-order valence-electron chi connectivity index (χ1n) is 10.7. The van der Waals surface area contributed by atoms with E-state index in [-0.39, 0.29) is 21.5 Å². The van der Waals surface area contributed by atoms with E-state index in [9.17, 15) is 14.4 Å². The van der Waals surface area contributed by atoms with Gasteiger partial charge >= 0.3 is 0 Å². The number of carbonyl (C=O) groups excluding carboxylic acids is 3. The van der Waals surface area contributed by atoms with Crippen LogP contribution in [0, 0.1) is 0 Å². The number of para-hydroxylation sites is 4. The number of anilines is 2. The SMILES string of the molecule is Cn1c(C(=O)/C(C=O)=C2/SC(C(=O)Nc3ccccc3)=NN2c2ccccc2)nc2ccccc21. The summed E-state index contributed by atoms with van der Waals surface area (Å²) in [6.45, 7) is 0. The van der Waals surface area contributed by atoms with Crippen LogP contribution in [0.2, 0.25) is 0 Å². The molecular weight excluding hydrogens is 462 g/mol. The van der Waals surface area contributed by atoms with Crippen molar-refractivity contribution in [2.45, 2.75) is 0 Å². The molecule has 0 atom stereocenters. The maximum Gasteiger partial charge on any atom is 0.283 e. The Balaban J connectivity index is 1.56. The number of aryl methyl sites for hydroxylation is 1. The quantitative estimate of drug-likeness (QED) is 0.144. The van der Waals surface area contributed by atoms with Gasteiger partial charge in [0.15, 0.2) is 17.2 Å². The number of thioether (sulfide) groups is 1. The molecule has 3 aromatic carbocycles. The zero-order chi connectivity index (χ0) is 24.4. The van der Waals surface area contributed by atoms with Crippen molar-refractivity contribution in [3.05, 3.63) is 101 Å². The molecule has 0 unspecified atom stereocenters. The first-order chi connectivity index (χ1) is 17.1. The van der Waals surface area contributed by atoms with Gasteiger partial charge in [-0.05, 0) is 48.2 Å². The molecule has 4 aromatic rings. The summed E-state index contributed by atoms with van der Waals surface area (Å²) in [5.74, 6) is -0.879. The van der Waals surface area contributed by atoms with Gasteiger partial charge in [-0.3, -0.25) is 14.4 Å². The Morgan fingerprint density at radius 3 is 2.26 bits per heavy atom. The zero-order valence-electron chi connectivity index (χ0n) is 18.6. The van der Waals surface area contributed by atoms with Crippen LogP contribution in [0.15, 0.2) is 101 Å². The number of hydrogen-bond donors (Lipinski definition) is 1. The molecule has 1 N–H and O–H groups in total. The van der Waals surface area contributed by atoms with Gasteiger partial charge in [-0.15, -0.1) is 0 Å². The number of fused-ring (bicyclic) bond motifs is 1. The van der Waals surface area contributed by atoms with Crippen molar-refractivity contribution in [3.8, 4) is 0 Å². The summed E-state index contributed by atoms with van der Waals surface area (Å²) < 4.78 is 1.65. The summed E-state index contributed by atoms with van der Waals surface area (Å²) in [7, 11) is 1.72. The van der Waals surface area contributed by atoms with Gasteiger partial charge in [-0.2, -0.15) is 5.10 Å². The van der Waals surface area contributed by atoms with E-state index in [1.54, 1.807) is 54.1 Å². The zero-order valence-corrected chi connectivity index (χ0v) is 19.4. The van der Waals surface area contributed by atoms with Crippen molar-refractivity contribution in [1.82, 2.24) is 9.55 Å². The standard InChI is InChI=1S/C26H19N5O3S/c1-30-21-15-9-8-14-20(21)28-23(30)22(33)19(16-32)26-31(18-12-6-3-7-13-18)29-25(35-26)24(34)27-17-10-4-2-5-11-17/h2-16H,1H3,(H,27,34)/b26-19+. The minimum Gasteiger partial charge on any atom is -0.324 e. The Labute approximate surface area is 205 Å². The molecule has 0 radical (unpaired) electrons. The molecule has 172 valence electrons. The third kappa shape index (κ3) is 4.24. The van der Waals surface area contributed by atoms with Gasteiger partial charge in [-0.1, -0.05) is 48.5 Å². The monoisotopic (exact) mass is 481 g/mol. The van der Waals surface area contributed by atoms with E-state index in [1.165, 1.54) is 5.01 Å². The topological polar surface area (TPSA) is 96.7 Å². The molecule has 0 saturated heterocycles. The lowest BCUT2D eigenvalue weighted by Gasteiger charge is -2.16. The molecule has 0 saturated carbocycles. The second-order valence-corrected chi connectivity index (χ2v) is 8.60. The number of rotatable bonds is 6. The van der Waals surface area contributed by atoms with Crippen LogP contribution in [0.5, 0.6) is 0 Å². The maximum atomic E-state index is 13.5. The molecule has 2 heterocycles. The molecule has 1 amide bonds. The second kappa shape index (κ2) is 9.40. The van der Waals surface area contributed by atoms with Crippen LogP contribution in [-0.2, 0) is 16.6 Å². The van der Waals surface area contributed by atoms with Crippen LogP contribution >= 0.6 is 11.8 Å². The van der Waals surface area contributed by atoms with Crippen LogP contribution in [0.4, 0.5) is 11.4 Å². The number of ketones is 1. The molecule has 1 aromatic heterocycles. The van der Waals surface area contributed by atoms with E-state index < -0.39 is 11.7 Å². The highest BCUT2D eigenvalue weighted by Gasteiger charge is 2.34. The fraction of sp³-hybridized carbons (Fsp3) is 0.0385. The molecular formula is C26H19N5O3S. The fourth-order valence-corrected chi connectivity index (χ4v) is 4.61. The van der Waals surface area contributed by atoms with Crippen LogP contribution in [-0.4, -0.2) is 32.6 Å². The van der Waals surface area contributed by atoms with Gasteiger partial charge in [0.1, 0.15) is 5.03 Å². The van der Waals surface area contributed by atoms with Gasteiger partial charge in [0.25, 0.3) is 5.91 Å². The summed E-state index contributed by atoms with van der Waals surface area (Å²) in [6.07, 6.45) is 0.494. The van der Waals surface area contributed by atoms with Crippen LogP contribution in [0.3, 0.4) is 0 Å². The van der Waals surface area contributed by atoms with E-state index in [0.29, 0.717) is 23.2 Å². The number of hydrazone groups is 1. The Kier molecular flexibility index (Phi) is 5.99. The third-order valence-electron chi connectivity index (χ3n) is 5.39. The predicted octanol–water partition coefficient (Wildman–Crippen LogP) is 4.37. The van der Waals surface area contributed by atoms with Crippen molar-refractivity contribution in [2.24, 2.45) is 12.1 Å². The van der Waals surface area contributed by atoms with Crippen molar-refractivity contribution in [3.63, 3.8) is 0 Å². The summed E-state index contributed by atoms with van der Waals surface area (Å²) in [5.41, 5.74) is 2.49. The van der Waals surface area contributed by atoms with Crippen LogP contribution < -0.4 is 10.3 Å². The van der Waals surface area contributed by atoms with Crippen molar-refractivity contribution in [1.29, 1.82) is 0 Å². The smallest absolute Gasteiger partial charge is 0.283 e. The van der Waals surface area contributed by atoms with E-state index in [0.717, 1.165) is 17.3 Å². The van der Waals surface area contributed by atoms with E-state index in [4.69, 9.17) is 0 Å². The lowest BCUT2D eigenvalue weighted by atomic mass is 10.2. The van der Waals surface area contributed by atoms with Crippen molar-refractivity contribution >= 4 is 57.2 Å². The Hall–Kier alpha value is -4.50. The lowest BCUT2D eigenvalue weighted by Crippen LogP contribution is -2.19. The molecule has 0 spiro atoms. The summed E-state index contributed by atoms with van der Waals surface area (Å²) in [6, 6.07) is 25.3. The molecule has 35 heavy (non-hydrogen) atoms. The Morgan fingerprint density at radius 1 is 0.914 bits per heavy atom. The number of nitrogens with zero attached hydrogens (tertiary/aromatic N) is 4. The molecule has 1 aliphatic heterocycles. The number of hydrogen-bond acceptors (Lipinski definition) is 7. The van der Waals surface area contributed by atoms with E-state index in [1.807, 2.05) is 42.5 Å². The molecule has 0 bridgehead atoms. The number of aromatic nitrogens is 2. The first kappa shape index (κ1) is 22.3. The van der Waals surface area contributed by atoms with Crippen LogP contribution in [0.1, 0.15) is 10.6 Å². The van der Waals surface area contributed by atoms with Crippen molar-refractivity contribution < 1.29 is 14.4 Å². The Morgan fingerprint density at radius 2 is 1.57 bits per heavy atom. The number of carbonyl (C=O) groups is 3. The normalized spacial score (nSPS) is 14.5. The van der Waals surface area contributed by atoms with Gasteiger partial charge in [-0.25, -0.2) is 9.99 Å². The molecule has 5 rings (SSSR count). The highest BCUT2D eigenvalue weighted by molar-refractivity contribution is 8.19. The Bertz CT molecular complexity index is 1510. The summed E-state index contributed by atoms with van der Waals surface area (Å²) >= 11 is 0.964. The highest BCUT2D eigenvalue weighted by Crippen LogP contribution is 2.37. The first-order valence-corrected chi connectivity index (χ1v) is 11.5. The average Bonchev–Trinajstić information content (AvgIpc) is 3.48. The minimum absolute atomic E-state index is 0.102. The second-order valence-electron chi connectivity index (χ2n) is 7.62. The van der Waals surface area contributed by atoms with Gasteiger partial charge < -0.3 is 9.88 Å². The van der Waals surface area contributed by atoms with Gasteiger partial charge in [0.2, 0.25) is 5.78 Å². The number of imidazole rings is 1. The number of aldehydes is 1. The van der Waals surface area contributed by atoms with E-state index >= 15 is 0 Å². The minimum atomic E-state index is -0.554. The van der Waals surface area contributed by atoms with Gasteiger partial charge in [0, 0.05) is 12.7 Å². The van der Waals surface area contributed by atoms with Gasteiger partial charge in [0.05, 0.1) is 22.3 Å². The third-order valence-corrected chi connectivity index (χ3v) is 6.43. The molecule has 1 aliphatic rings. The molecule has 8 nitrogen and oxygen atoms in total. The lowest BCUT2D eigenvalue weighted by molar-refractivity contribution is -0.110. The fourth-order valence-electron chi connectivity index (χ4n) is 3.67. The van der Waals surface area contributed by atoms with Crippen LogP contribution in [0.25, 0.3) is 11.0 Å². The number of Topliss-reactive ketones (excluding diaryl/α,β-unsaturated/α-hetero) is 1. The number of nitrogens with one attached hydrogen (secondary N) is 1. The van der Waals surface area contributed by atoms with E-state index in [2.05, 4.69) is 15.4 Å². The molecule has 0 aliphatic carbocycles. The highest BCUT2D eigenvalue weighted by atomic mass is 32.2. The molecule has 9 heteroatoms. The number of allylic oxidation sites excluding steroid dienone is 1. The summed E-state index contributed by atoms with van der Waals surface area (Å²) in [4.78, 5) is 43.2. The number of benzene rings is 3.